The van der Waals surface area contributed by atoms with Crippen molar-refractivity contribution >= 4 is 50.9 Å². The summed E-state index contributed by atoms with van der Waals surface area (Å²) >= 11 is 12.9. The summed E-state index contributed by atoms with van der Waals surface area (Å²) < 4.78 is 22.0. The quantitative estimate of drug-likeness (QED) is 0.328. The molecule has 1 aliphatic heterocycles. The van der Waals surface area contributed by atoms with Gasteiger partial charge in [0.1, 0.15) is 28.2 Å². The molecule has 2 aliphatic rings. The number of hydroxylamine groups is 1. The molecule has 6 rings (SSSR count). The van der Waals surface area contributed by atoms with Gasteiger partial charge >= 0.3 is 0 Å². The molecule has 0 spiro atoms. The first-order chi connectivity index (χ1) is 18.7. The van der Waals surface area contributed by atoms with Crippen LogP contribution in [-0.4, -0.2) is 21.7 Å². The van der Waals surface area contributed by atoms with Crippen molar-refractivity contribution in [3.05, 3.63) is 85.8 Å². The number of fused-ring (bicyclic) bond motifs is 3. The van der Waals surface area contributed by atoms with E-state index in [2.05, 4.69) is 16.0 Å². The number of allylic oxidation sites excluding steroid dienone is 1. The van der Waals surface area contributed by atoms with Crippen molar-refractivity contribution in [3.8, 4) is 0 Å². The molecule has 1 saturated carbocycles. The van der Waals surface area contributed by atoms with Crippen molar-refractivity contribution in [2.75, 3.05) is 0 Å². The van der Waals surface area contributed by atoms with Crippen LogP contribution in [0.25, 0.3) is 21.8 Å². The number of nitrogens with zero attached hydrogens (tertiary/aromatic N) is 2. The van der Waals surface area contributed by atoms with Gasteiger partial charge in [-0.1, -0.05) is 40.5 Å². The molecule has 3 unspecified atom stereocenters. The summed E-state index contributed by atoms with van der Waals surface area (Å²) in [7, 11) is 0. The maximum Gasteiger partial charge on any atom is 0.264 e. The Bertz CT molecular complexity index is 1710. The third-order valence-electron chi connectivity index (χ3n) is 7.67. The SMILES string of the molecule is CC1=CC(C(=O)NC2CCC(Cn3c(=O)c4c(C)onc4c4c(Cl)cccc43)C2)(c2c(F)cccc2Cl)NO1. The number of nitrogens with one attached hydrogen (secondary N) is 2. The number of aromatic nitrogens is 2. The Labute approximate surface area is 232 Å². The zero-order valence-corrected chi connectivity index (χ0v) is 22.7. The highest BCUT2D eigenvalue weighted by Gasteiger charge is 2.47. The van der Waals surface area contributed by atoms with E-state index >= 15 is 0 Å². The average Bonchev–Trinajstić information content (AvgIpc) is 3.61. The zero-order chi connectivity index (χ0) is 27.5. The molecular weight excluding hydrogens is 546 g/mol. The summed E-state index contributed by atoms with van der Waals surface area (Å²) in [5.74, 6) is -0.112. The number of rotatable bonds is 5. The highest BCUT2D eigenvalue weighted by molar-refractivity contribution is 6.37. The van der Waals surface area contributed by atoms with E-state index in [0.717, 1.165) is 6.42 Å². The van der Waals surface area contributed by atoms with Gasteiger partial charge in [-0.05, 0) is 69.4 Å². The van der Waals surface area contributed by atoms with Gasteiger partial charge < -0.3 is 19.2 Å². The average molecular weight is 571 g/mol. The highest BCUT2D eigenvalue weighted by Crippen LogP contribution is 2.38. The van der Waals surface area contributed by atoms with Crippen LogP contribution in [-0.2, 0) is 21.7 Å². The summed E-state index contributed by atoms with van der Waals surface area (Å²) in [6, 6.07) is 9.50. The van der Waals surface area contributed by atoms with E-state index < -0.39 is 17.3 Å². The van der Waals surface area contributed by atoms with Crippen LogP contribution in [0, 0.1) is 18.7 Å². The molecule has 1 fully saturated rings. The van der Waals surface area contributed by atoms with Gasteiger partial charge in [-0.3, -0.25) is 9.59 Å². The molecule has 3 heterocycles. The van der Waals surface area contributed by atoms with Crippen molar-refractivity contribution in [2.24, 2.45) is 5.92 Å². The van der Waals surface area contributed by atoms with E-state index in [1.165, 1.54) is 24.3 Å². The summed E-state index contributed by atoms with van der Waals surface area (Å²) in [4.78, 5) is 32.6. The molecule has 39 heavy (non-hydrogen) atoms. The van der Waals surface area contributed by atoms with Crippen LogP contribution < -0.4 is 16.4 Å². The second kappa shape index (κ2) is 9.66. The van der Waals surface area contributed by atoms with Crippen molar-refractivity contribution in [2.45, 2.75) is 51.2 Å². The van der Waals surface area contributed by atoms with Crippen molar-refractivity contribution in [1.82, 2.24) is 20.5 Å². The third-order valence-corrected chi connectivity index (χ3v) is 8.30. The van der Waals surface area contributed by atoms with Gasteiger partial charge in [0.25, 0.3) is 11.5 Å². The highest BCUT2D eigenvalue weighted by atomic mass is 35.5. The number of carbonyl (C=O) groups is 1. The first-order valence-electron chi connectivity index (χ1n) is 12.7. The van der Waals surface area contributed by atoms with Gasteiger partial charge in [0.2, 0.25) is 0 Å². The summed E-state index contributed by atoms with van der Waals surface area (Å²) in [5, 5.41) is 8.84. The lowest BCUT2D eigenvalue weighted by Gasteiger charge is -2.28. The number of aryl methyl sites for hydroxylation is 1. The molecule has 0 bridgehead atoms. The van der Waals surface area contributed by atoms with Crippen LogP contribution in [0.4, 0.5) is 4.39 Å². The number of halogens is 3. The Morgan fingerprint density at radius 2 is 1.95 bits per heavy atom. The van der Waals surface area contributed by atoms with E-state index in [0.29, 0.717) is 57.7 Å². The predicted octanol–water partition coefficient (Wildman–Crippen LogP) is 5.52. The van der Waals surface area contributed by atoms with E-state index in [-0.39, 0.29) is 28.1 Å². The maximum absolute atomic E-state index is 14.9. The van der Waals surface area contributed by atoms with Gasteiger partial charge in [0.15, 0.2) is 5.54 Å². The van der Waals surface area contributed by atoms with E-state index in [1.54, 1.807) is 30.5 Å². The molecule has 4 aromatic rings. The van der Waals surface area contributed by atoms with Crippen LogP contribution in [0.3, 0.4) is 0 Å². The Kier molecular flexibility index (Phi) is 6.40. The lowest BCUT2D eigenvalue weighted by atomic mass is 9.88. The van der Waals surface area contributed by atoms with Crippen LogP contribution in [0.5, 0.6) is 0 Å². The predicted molar refractivity (Wildman–Crippen MR) is 146 cm³/mol. The minimum absolute atomic E-state index is 0.00265. The molecule has 8 nitrogen and oxygen atoms in total. The topological polar surface area (TPSA) is 98.4 Å². The smallest absolute Gasteiger partial charge is 0.264 e. The van der Waals surface area contributed by atoms with Crippen molar-refractivity contribution < 1.29 is 18.5 Å². The molecule has 2 aromatic heterocycles. The second-order valence-electron chi connectivity index (χ2n) is 10.2. The number of benzene rings is 2. The van der Waals surface area contributed by atoms with Gasteiger partial charge in [-0.25, -0.2) is 4.39 Å². The van der Waals surface area contributed by atoms with Gasteiger partial charge in [-0.15, -0.1) is 5.48 Å². The summed E-state index contributed by atoms with van der Waals surface area (Å²) in [5.41, 5.74) is 2.04. The monoisotopic (exact) mass is 570 g/mol. The molecule has 202 valence electrons. The van der Waals surface area contributed by atoms with E-state index in [9.17, 15) is 14.0 Å². The van der Waals surface area contributed by atoms with Gasteiger partial charge in [0.05, 0.1) is 10.5 Å². The maximum atomic E-state index is 14.9. The molecule has 2 aromatic carbocycles. The molecule has 1 amide bonds. The zero-order valence-electron chi connectivity index (χ0n) is 21.2. The Hall–Kier alpha value is -3.40. The largest absolute Gasteiger partial charge is 0.412 e. The Balaban J connectivity index is 1.27. The molecule has 0 radical (unpaired) electrons. The number of pyridine rings is 1. The lowest BCUT2D eigenvalue weighted by molar-refractivity contribution is -0.130. The minimum atomic E-state index is -1.61. The number of carbonyl (C=O) groups excluding carboxylic acids is 1. The van der Waals surface area contributed by atoms with Gasteiger partial charge in [0, 0.05) is 28.6 Å². The van der Waals surface area contributed by atoms with Crippen LogP contribution in [0.15, 0.2) is 57.6 Å². The Morgan fingerprint density at radius 1 is 1.18 bits per heavy atom. The van der Waals surface area contributed by atoms with Crippen molar-refractivity contribution in [1.29, 1.82) is 0 Å². The number of amides is 1. The first-order valence-corrected chi connectivity index (χ1v) is 13.4. The van der Waals surface area contributed by atoms with Gasteiger partial charge in [-0.2, -0.15) is 0 Å². The summed E-state index contributed by atoms with van der Waals surface area (Å²) in [6.45, 7) is 3.82. The van der Waals surface area contributed by atoms with Crippen LogP contribution in [0.2, 0.25) is 10.0 Å². The molecule has 0 saturated heterocycles. The normalized spacial score (nSPS) is 22.8. The summed E-state index contributed by atoms with van der Waals surface area (Å²) in [6.07, 6.45) is 3.64. The van der Waals surface area contributed by atoms with Crippen LogP contribution >= 0.6 is 23.2 Å². The minimum Gasteiger partial charge on any atom is -0.412 e. The fourth-order valence-corrected chi connectivity index (χ4v) is 6.44. The number of hydrogen-bond acceptors (Lipinski definition) is 6. The lowest BCUT2D eigenvalue weighted by Crippen LogP contribution is -2.53. The second-order valence-corrected chi connectivity index (χ2v) is 11.0. The fourth-order valence-electron chi connectivity index (χ4n) is 5.87. The third kappa shape index (κ3) is 4.20. The van der Waals surface area contributed by atoms with Crippen LogP contribution in [0.1, 0.15) is 37.5 Å². The van der Waals surface area contributed by atoms with E-state index in [1.807, 2.05) is 6.07 Å². The molecule has 3 atom stereocenters. The van der Waals surface area contributed by atoms with Crippen molar-refractivity contribution in [3.63, 3.8) is 0 Å². The molecular formula is C28H25Cl2FN4O4. The standard InChI is InChI=1S/C28H25Cl2FN4O4/c1-14-12-28(34-38-14,24-19(30)6-3-7-20(24)31)27(37)32-17-10-9-16(11-17)13-35-21-8-4-5-18(29)23(21)25-22(26(35)36)15(2)39-33-25/h3-8,12,16-17,34H,9-11,13H2,1-2H3,(H,32,37). The Morgan fingerprint density at radius 3 is 2.69 bits per heavy atom. The first kappa shape index (κ1) is 25.9. The van der Waals surface area contributed by atoms with E-state index in [4.69, 9.17) is 32.6 Å². The number of hydrogen-bond donors (Lipinski definition) is 2. The molecule has 11 heteroatoms. The molecule has 1 aliphatic carbocycles. The fraction of sp³-hybridized carbons (Fsp3) is 0.321. The molecule has 2 N–H and O–H groups in total.